The van der Waals surface area contributed by atoms with Crippen LogP contribution >= 0.6 is 12.2 Å². The molecule has 2 heterocycles. The molecule has 1 saturated heterocycles. The number of hydrogen-bond donors (Lipinski definition) is 2. The summed E-state index contributed by atoms with van der Waals surface area (Å²) < 4.78 is 5.24. The average molecular weight is 290 g/mol. The van der Waals surface area contributed by atoms with Crippen molar-refractivity contribution in [3.63, 3.8) is 0 Å². The van der Waals surface area contributed by atoms with Crippen LogP contribution in [-0.2, 0) is 4.79 Å². The predicted molar refractivity (Wildman–Crippen MR) is 76.6 cm³/mol. The Morgan fingerprint density at radius 3 is 2.75 bits per heavy atom. The van der Waals surface area contributed by atoms with Gasteiger partial charge in [-0.2, -0.15) is 0 Å². The second-order valence-corrected chi connectivity index (χ2v) is 5.15. The summed E-state index contributed by atoms with van der Waals surface area (Å²) in [7, 11) is 0. The zero-order valence-electron chi connectivity index (χ0n) is 10.7. The summed E-state index contributed by atoms with van der Waals surface area (Å²) in [5.41, 5.74) is 7.30. The van der Waals surface area contributed by atoms with E-state index in [9.17, 15) is 4.79 Å². The van der Waals surface area contributed by atoms with E-state index in [1.165, 1.54) is 0 Å². The summed E-state index contributed by atoms with van der Waals surface area (Å²) in [5, 5.41) is 6.54. The standard InChI is InChI=1S/C13H14N4O2S/c14-6-8-5-11(18)17(7-8)10-3-1-9(2-4-10)12-15-16-13(20)19-12/h1-4,8H,5-7,14H2,(H,16,20). The van der Waals surface area contributed by atoms with Gasteiger partial charge in [0.05, 0.1) is 0 Å². The van der Waals surface area contributed by atoms with Crippen molar-refractivity contribution in [2.75, 3.05) is 18.0 Å². The van der Waals surface area contributed by atoms with Crippen LogP contribution in [0.1, 0.15) is 6.42 Å². The van der Waals surface area contributed by atoms with Gasteiger partial charge in [0.1, 0.15) is 0 Å². The zero-order chi connectivity index (χ0) is 14.1. The van der Waals surface area contributed by atoms with E-state index in [-0.39, 0.29) is 16.7 Å². The number of H-pyrrole nitrogens is 1. The maximum Gasteiger partial charge on any atom is 0.284 e. The van der Waals surface area contributed by atoms with Crippen molar-refractivity contribution in [3.05, 3.63) is 29.1 Å². The van der Waals surface area contributed by atoms with Gasteiger partial charge in [0.15, 0.2) is 0 Å². The van der Waals surface area contributed by atoms with E-state index in [4.69, 9.17) is 22.4 Å². The lowest BCUT2D eigenvalue weighted by Gasteiger charge is -2.16. The highest BCUT2D eigenvalue weighted by molar-refractivity contribution is 7.71. The van der Waals surface area contributed by atoms with Crippen LogP contribution in [0.25, 0.3) is 11.5 Å². The molecule has 0 radical (unpaired) electrons. The highest BCUT2D eigenvalue weighted by Gasteiger charge is 2.29. The van der Waals surface area contributed by atoms with E-state index < -0.39 is 0 Å². The molecule has 1 fully saturated rings. The molecule has 2 aromatic rings. The molecule has 0 saturated carbocycles. The first-order chi connectivity index (χ1) is 9.67. The number of anilines is 1. The molecular formula is C13H14N4O2S. The molecule has 0 bridgehead atoms. The minimum atomic E-state index is 0.116. The fourth-order valence-corrected chi connectivity index (χ4v) is 2.45. The van der Waals surface area contributed by atoms with Gasteiger partial charge in [-0.1, -0.05) is 0 Å². The van der Waals surface area contributed by atoms with E-state index in [0.717, 1.165) is 11.3 Å². The molecule has 0 aliphatic carbocycles. The fourth-order valence-electron chi connectivity index (χ4n) is 2.33. The van der Waals surface area contributed by atoms with Crippen LogP contribution in [0.3, 0.4) is 0 Å². The van der Waals surface area contributed by atoms with E-state index in [1.54, 1.807) is 4.90 Å². The Kier molecular flexibility index (Phi) is 3.37. The van der Waals surface area contributed by atoms with Crippen LogP contribution in [0, 0.1) is 10.8 Å². The third kappa shape index (κ3) is 2.37. The third-order valence-corrected chi connectivity index (χ3v) is 3.58. The second kappa shape index (κ2) is 5.18. The highest BCUT2D eigenvalue weighted by atomic mass is 32.1. The number of nitrogens with two attached hydrogens (primary N) is 1. The normalized spacial score (nSPS) is 18.8. The van der Waals surface area contributed by atoms with E-state index in [0.29, 0.717) is 25.4 Å². The lowest BCUT2D eigenvalue weighted by atomic mass is 10.1. The number of nitrogens with one attached hydrogen (secondary N) is 1. The van der Waals surface area contributed by atoms with Crippen molar-refractivity contribution in [1.29, 1.82) is 0 Å². The number of carbonyl (C=O) groups excluding carboxylic acids is 1. The highest BCUT2D eigenvalue weighted by Crippen LogP contribution is 2.27. The van der Waals surface area contributed by atoms with Crippen LogP contribution in [-0.4, -0.2) is 29.2 Å². The molecule has 1 atom stereocenters. The summed E-state index contributed by atoms with van der Waals surface area (Å²) in [6.07, 6.45) is 0.520. The Hall–Kier alpha value is -1.99. The van der Waals surface area contributed by atoms with Gasteiger partial charge in [0, 0.05) is 24.2 Å². The summed E-state index contributed by atoms with van der Waals surface area (Å²) in [6.45, 7) is 1.21. The molecule has 1 aromatic carbocycles. The number of rotatable bonds is 3. The molecular weight excluding hydrogens is 276 g/mol. The minimum Gasteiger partial charge on any atom is -0.409 e. The van der Waals surface area contributed by atoms with Crippen LogP contribution in [0.4, 0.5) is 5.69 Å². The molecule has 6 nitrogen and oxygen atoms in total. The van der Waals surface area contributed by atoms with E-state index in [2.05, 4.69) is 10.2 Å². The molecule has 3 N–H and O–H groups in total. The first-order valence-corrected chi connectivity index (χ1v) is 6.74. The largest absolute Gasteiger partial charge is 0.409 e. The van der Waals surface area contributed by atoms with Crippen LogP contribution in [0.2, 0.25) is 0 Å². The summed E-state index contributed by atoms with van der Waals surface area (Å²) in [6, 6.07) is 7.46. The first kappa shape index (κ1) is 13.0. The predicted octanol–water partition coefficient (Wildman–Crippen LogP) is 1.71. The zero-order valence-corrected chi connectivity index (χ0v) is 11.5. The maximum atomic E-state index is 11.9. The monoisotopic (exact) mass is 290 g/mol. The summed E-state index contributed by atoms with van der Waals surface area (Å²) in [4.78, 5) is 13.9. The number of aromatic amines is 1. The lowest BCUT2D eigenvalue weighted by molar-refractivity contribution is -0.117. The van der Waals surface area contributed by atoms with Crippen molar-refractivity contribution >= 4 is 23.8 Å². The van der Waals surface area contributed by atoms with Gasteiger partial charge in [-0.25, -0.2) is 5.10 Å². The molecule has 20 heavy (non-hydrogen) atoms. The van der Waals surface area contributed by atoms with Gasteiger partial charge in [-0.05, 0) is 48.9 Å². The van der Waals surface area contributed by atoms with Gasteiger partial charge in [0.2, 0.25) is 11.8 Å². The Labute approximate surface area is 120 Å². The molecule has 3 rings (SSSR count). The Morgan fingerprint density at radius 2 is 2.20 bits per heavy atom. The third-order valence-electron chi connectivity index (χ3n) is 3.40. The first-order valence-electron chi connectivity index (χ1n) is 6.34. The van der Waals surface area contributed by atoms with Gasteiger partial charge >= 0.3 is 0 Å². The number of nitrogens with zero attached hydrogens (tertiary/aromatic N) is 2. The van der Waals surface area contributed by atoms with Crippen LogP contribution in [0.5, 0.6) is 0 Å². The Balaban J connectivity index is 1.83. The van der Waals surface area contributed by atoms with Crippen LogP contribution in [0.15, 0.2) is 28.7 Å². The van der Waals surface area contributed by atoms with Gasteiger partial charge < -0.3 is 15.1 Å². The van der Waals surface area contributed by atoms with Gasteiger partial charge in [-0.3, -0.25) is 4.79 Å². The number of benzene rings is 1. The average Bonchev–Trinajstić information content (AvgIpc) is 3.05. The summed E-state index contributed by atoms with van der Waals surface area (Å²) >= 11 is 4.84. The van der Waals surface area contributed by atoms with Crippen molar-refractivity contribution in [2.45, 2.75) is 6.42 Å². The quantitative estimate of drug-likeness (QED) is 0.840. The molecule has 1 aromatic heterocycles. The smallest absolute Gasteiger partial charge is 0.284 e. The molecule has 0 spiro atoms. The van der Waals surface area contributed by atoms with Crippen molar-refractivity contribution < 1.29 is 9.21 Å². The molecule has 1 aliphatic heterocycles. The molecule has 1 aliphatic rings. The van der Waals surface area contributed by atoms with Crippen molar-refractivity contribution in [1.82, 2.24) is 10.2 Å². The number of amides is 1. The molecule has 1 amide bonds. The Morgan fingerprint density at radius 1 is 1.45 bits per heavy atom. The maximum absolute atomic E-state index is 11.9. The number of aromatic nitrogens is 2. The summed E-state index contributed by atoms with van der Waals surface area (Å²) in [5.74, 6) is 0.797. The molecule has 104 valence electrons. The Bertz CT molecular complexity index is 676. The van der Waals surface area contributed by atoms with Crippen LogP contribution < -0.4 is 10.6 Å². The minimum absolute atomic E-state index is 0.116. The topological polar surface area (TPSA) is 88.2 Å². The SMILES string of the molecule is NCC1CC(=O)N(c2ccc(-c3n[nH]c(=S)o3)cc2)C1. The number of carbonyl (C=O) groups is 1. The molecule has 7 heteroatoms. The number of hydrogen-bond acceptors (Lipinski definition) is 5. The lowest BCUT2D eigenvalue weighted by Crippen LogP contribution is -2.25. The van der Waals surface area contributed by atoms with Gasteiger partial charge in [0.25, 0.3) is 4.84 Å². The second-order valence-electron chi connectivity index (χ2n) is 4.78. The fraction of sp³-hybridized carbons (Fsp3) is 0.308. The van der Waals surface area contributed by atoms with E-state index in [1.807, 2.05) is 24.3 Å². The van der Waals surface area contributed by atoms with Crippen molar-refractivity contribution in [3.8, 4) is 11.5 Å². The van der Waals surface area contributed by atoms with Gasteiger partial charge in [-0.15, -0.1) is 5.10 Å². The van der Waals surface area contributed by atoms with E-state index >= 15 is 0 Å². The molecule has 1 unspecified atom stereocenters. The van der Waals surface area contributed by atoms with Crippen molar-refractivity contribution in [2.24, 2.45) is 11.7 Å².